The van der Waals surface area contributed by atoms with Crippen LogP contribution in [0.15, 0.2) is 0 Å². The normalized spacial score (nSPS) is 29.2. The first-order valence-electron chi connectivity index (χ1n) is 4.55. The highest BCUT2D eigenvalue weighted by molar-refractivity contribution is 7.99. The molecule has 0 aromatic carbocycles. The van der Waals surface area contributed by atoms with Gasteiger partial charge in [0.15, 0.2) is 0 Å². The van der Waals surface area contributed by atoms with E-state index >= 15 is 0 Å². The van der Waals surface area contributed by atoms with Crippen LogP contribution in [-0.4, -0.2) is 48.4 Å². The van der Waals surface area contributed by atoms with Gasteiger partial charge in [-0.05, 0) is 6.42 Å². The predicted molar refractivity (Wildman–Crippen MR) is 51.4 cm³/mol. The topological polar surface area (TPSA) is 41.6 Å². The van der Waals surface area contributed by atoms with Crippen molar-refractivity contribution in [3.63, 3.8) is 0 Å². The van der Waals surface area contributed by atoms with Gasteiger partial charge in [0, 0.05) is 18.2 Å². The second-order valence-corrected chi connectivity index (χ2v) is 4.29. The quantitative estimate of drug-likeness (QED) is 0.642. The minimum Gasteiger partial charge on any atom is -0.361 e. The molecule has 0 radical (unpaired) electrons. The van der Waals surface area contributed by atoms with Gasteiger partial charge in [0.05, 0.1) is 12.6 Å². The van der Waals surface area contributed by atoms with Gasteiger partial charge >= 0.3 is 0 Å². The Bertz CT molecular complexity index is 189. The van der Waals surface area contributed by atoms with E-state index in [9.17, 15) is 4.79 Å². The minimum atomic E-state index is 0.0201. The Hall–Kier alpha value is -0.260. The largest absolute Gasteiger partial charge is 0.361 e. The fraction of sp³-hybridized carbons (Fsp3) is 0.875. The van der Waals surface area contributed by atoms with Gasteiger partial charge in [-0.1, -0.05) is 0 Å². The Morgan fingerprint density at radius 2 is 2.54 bits per heavy atom. The number of nitrogens with one attached hydrogen (secondary N) is 1. The van der Waals surface area contributed by atoms with E-state index in [-0.39, 0.29) is 11.9 Å². The molecule has 0 bridgehead atoms. The molecule has 2 heterocycles. The van der Waals surface area contributed by atoms with E-state index in [4.69, 9.17) is 4.74 Å². The molecule has 2 aliphatic heterocycles. The van der Waals surface area contributed by atoms with Crippen molar-refractivity contribution < 1.29 is 9.53 Å². The highest BCUT2D eigenvalue weighted by Crippen LogP contribution is 2.13. The molecular weight excluding hydrogens is 188 g/mol. The van der Waals surface area contributed by atoms with Crippen LogP contribution in [0.3, 0.4) is 0 Å². The summed E-state index contributed by atoms with van der Waals surface area (Å²) in [5, 5.41) is 3.17. The van der Waals surface area contributed by atoms with Gasteiger partial charge < -0.3 is 9.64 Å². The van der Waals surface area contributed by atoms with Gasteiger partial charge in [-0.3, -0.25) is 10.1 Å². The van der Waals surface area contributed by atoms with Crippen molar-refractivity contribution in [1.29, 1.82) is 0 Å². The van der Waals surface area contributed by atoms with Gasteiger partial charge in [-0.2, -0.15) is 0 Å². The molecular formula is C8H14N2O2S. The summed E-state index contributed by atoms with van der Waals surface area (Å²) in [6.45, 7) is 2.11. The fourth-order valence-corrected chi connectivity index (χ4v) is 2.48. The average Bonchev–Trinajstić information content (AvgIpc) is 2.71. The lowest BCUT2D eigenvalue weighted by molar-refractivity contribution is -0.142. The molecule has 0 aliphatic carbocycles. The Morgan fingerprint density at radius 1 is 1.62 bits per heavy atom. The molecule has 1 unspecified atom stereocenters. The maximum atomic E-state index is 11.8. The Labute approximate surface area is 82.0 Å². The van der Waals surface area contributed by atoms with E-state index in [1.54, 1.807) is 16.7 Å². The first-order chi connectivity index (χ1) is 6.38. The second-order valence-electron chi connectivity index (χ2n) is 3.26. The summed E-state index contributed by atoms with van der Waals surface area (Å²) in [4.78, 5) is 13.6. The third-order valence-electron chi connectivity index (χ3n) is 2.29. The lowest BCUT2D eigenvalue weighted by Crippen LogP contribution is -2.48. The third kappa shape index (κ3) is 2.15. The van der Waals surface area contributed by atoms with Crippen LogP contribution < -0.4 is 5.32 Å². The molecule has 0 aromatic rings. The predicted octanol–water partition coefficient (Wildman–Crippen LogP) is -0.145. The highest BCUT2D eigenvalue weighted by atomic mass is 32.2. The number of hydrogen-bond donors (Lipinski definition) is 1. The number of carbonyl (C=O) groups excluding carboxylic acids is 1. The van der Waals surface area contributed by atoms with Crippen LogP contribution in [0.4, 0.5) is 0 Å². The molecule has 0 saturated carbocycles. The molecule has 74 valence electrons. The lowest BCUT2D eigenvalue weighted by Gasteiger charge is -2.28. The Balaban J connectivity index is 1.87. The van der Waals surface area contributed by atoms with Gasteiger partial charge in [0.25, 0.3) is 0 Å². The van der Waals surface area contributed by atoms with Gasteiger partial charge in [-0.25, -0.2) is 0 Å². The van der Waals surface area contributed by atoms with Crippen molar-refractivity contribution in [3.05, 3.63) is 0 Å². The number of nitrogens with zero attached hydrogens (tertiary/aromatic N) is 1. The van der Waals surface area contributed by atoms with Gasteiger partial charge in [0.2, 0.25) is 5.91 Å². The maximum Gasteiger partial charge on any atom is 0.242 e. The summed E-state index contributed by atoms with van der Waals surface area (Å²) in [6.07, 6.45) is 0.964. The van der Waals surface area contributed by atoms with Crippen LogP contribution in [0, 0.1) is 0 Å². The monoisotopic (exact) mass is 202 g/mol. The molecule has 2 aliphatic rings. The van der Waals surface area contributed by atoms with E-state index in [2.05, 4.69) is 5.32 Å². The van der Waals surface area contributed by atoms with Gasteiger partial charge in [-0.15, -0.1) is 11.8 Å². The molecule has 1 atom stereocenters. The molecule has 1 amide bonds. The summed E-state index contributed by atoms with van der Waals surface area (Å²) >= 11 is 1.78. The van der Waals surface area contributed by atoms with E-state index in [1.807, 2.05) is 0 Å². The first-order valence-corrected chi connectivity index (χ1v) is 5.71. The minimum absolute atomic E-state index is 0.0201. The zero-order chi connectivity index (χ0) is 9.10. The SMILES string of the molecule is O=C(C1CSCN1)N1CCCOC1. The molecule has 2 saturated heterocycles. The summed E-state index contributed by atoms with van der Waals surface area (Å²) in [7, 11) is 0. The van der Waals surface area contributed by atoms with Crippen LogP contribution in [0.1, 0.15) is 6.42 Å². The summed E-state index contributed by atoms with van der Waals surface area (Å²) < 4.78 is 5.23. The lowest BCUT2D eigenvalue weighted by atomic mass is 10.2. The summed E-state index contributed by atoms with van der Waals surface area (Å²) in [6, 6.07) is 0.0201. The van der Waals surface area contributed by atoms with Crippen molar-refractivity contribution in [1.82, 2.24) is 10.2 Å². The average molecular weight is 202 g/mol. The van der Waals surface area contributed by atoms with Crippen LogP contribution in [0.2, 0.25) is 0 Å². The van der Waals surface area contributed by atoms with Crippen LogP contribution in [0.5, 0.6) is 0 Å². The Kier molecular flexibility index (Phi) is 3.08. The van der Waals surface area contributed by atoms with E-state index < -0.39 is 0 Å². The van der Waals surface area contributed by atoms with Crippen molar-refractivity contribution in [2.24, 2.45) is 0 Å². The maximum absolute atomic E-state index is 11.8. The third-order valence-corrected chi connectivity index (χ3v) is 3.23. The molecule has 4 nitrogen and oxygen atoms in total. The van der Waals surface area contributed by atoms with Crippen molar-refractivity contribution in [3.8, 4) is 0 Å². The number of rotatable bonds is 1. The Morgan fingerprint density at radius 3 is 3.15 bits per heavy atom. The summed E-state index contributed by atoms with van der Waals surface area (Å²) in [5.41, 5.74) is 0. The van der Waals surface area contributed by atoms with E-state index in [1.165, 1.54) is 0 Å². The molecule has 2 rings (SSSR count). The number of hydrogen-bond acceptors (Lipinski definition) is 4. The van der Waals surface area contributed by atoms with Crippen molar-refractivity contribution in [2.75, 3.05) is 31.5 Å². The van der Waals surface area contributed by atoms with E-state index in [0.29, 0.717) is 6.73 Å². The molecule has 13 heavy (non-hydrogen) atoms. The highest BCUT2D eigenvalue weighted by Gasteiger charge is 2.28. The van der Waals surface area contributed by atoms with Crippen molar-refractivity contribution >= 4 is 17.7 Å². The summed E-state index contributed by atoms with van der Waals surface area (Å²) in [5.74, 6) is 1.99. The molecule has 0 spiro atoms. The van der Waals surface area contributed by atoms with E-state index in [0.717, 1.165) is 31.2 Å². The fourth-order valence-electron chi connectivity index (χ4n) is 1.54. The van der Waals surface area contributed by atoms with Crippen molar-refractivity contribution in [2.45, 2.75) is 12.5 Å². The molecule has 1 N–H and O–H groups in total. The first kappa shape index (κ1) is 9.30. The van der Waals surface area contributed by atoms with Crippen LogP contribution >= 0.6 is 11.8 Å². The second kappa shape index (κ2) is 4.30. The number of thioether (sulfide) groups is 1. The molecule has 0 aromatic heterocycles. The smallest absolute Gasteiger partial charge is 0.242 e. The number of carbonyl (C=O) groups is 1. The molecule has 5 heteroatoms. The zero-order valence-electron chi connectivity index (χ0n) is 7.49. The number of amides is 1. The van der Waals surface area contributed by atoms with Crippen LogP contribution in [-0.2, 0) is 9.53 Å². The standard InChI is InChI=1S/C8H14N2O2S/c11-8(7-4-13-5-9-7)10-2-1-3-12-6-10/h7,9H,1-6H2. The van der Waals surface area contributed by atoms with Crippen LogP contribution in [0.25, 0.3) is 0 Å². The number of ether oxygens (including phenoxy) is 1. The molecule has 2 fully saturated rings. The van der Waals surface area contributed by atoms with Gasteiger partial charge in [0.1, 0.15) is 6.73 Å². The zero-order valence-corrected chi connectivity index (χ0v) is 8.31.